The number of hydrogen-bond acceptors (Lipinski definition) is 3. The zero-order chi connectivity index (χ0) is 23.5. The molecule has 0 aliphatic heterocycles. The number of carbonyl (C=O) groups excluding carboxylic acids is 1. The SMILES string of the molecule is CCCCC[C@@H](C/C=C1\C(=O)C=C[C@@H]1CC#CCCCC(=O)O)O[Si](C)(C)C(C)(C)C. The van der Waals surface area contributed by atoms with Crippen LogP contribution in [0.2, 0.25) is 18.1 Å². The normalized spacial score (nSPS) is 18.8. The minimum absolute atomic E-state index is 0.0311. The summed E-state index contributed by atoms with van der Waals surface area (Å²) in [5.41, 5.74) is 0.833. The van der Waals surface area contributed by atoms with Crippen LogP contribution in [0, 0.1) is 17.8 Å². The summed E-state index contributed by atoms with van der Waals surface area (Å²) in [6.45, 7) is 13.6. The standard InChI is InChI=1S/C26H42O4Si/c1-7-8-11-15-22(30-31(5,6)26(2,3)4)18-19-23-21(17-20-24(23)27)14-12-9-10-13-16-25(28)29/h17,19-22H,7-8,10-11,13-16,18H2,1-6H3,(H,28,29)/b23-19-/t21-,22-/m0/s1. The number of hydrogen-bond donors (Lipinski definition) is 1. The van der Waals surface area contributed by atoms with Gasteiger partial charge >= 0.3 is 5.97 Å². The van der Waals surface area contributed by atoms with Gasteiger partial charge in [0.25, 0.3) is 0 Å². The summed E-state index contributed by atoms with van der Waals surface area (Å²) in [5, 5.41) is 8.84. The third kappa shape index (κ3) is 10.0. The molecule has 1 aliphatic rings. The number of rotatable bonds is 12. The van der Waals surface area contributed by atoms with Gasteiger partial charge in [0.05, 0.1) is 0 Å². The Morgan fingerprint density at radius 3 is 2.58 bits per heavy atom. The first-order chi connectivity index (χ1) is 14.5. The van der Waals surface area contributed by atoms with Crippen molar-refractivity contribution >= 4 is 20.1 Å². The van der Waals surface area contributed by atoms with Crippen LogP contribution in [0.15, 0.2) is 23.8 Å². The van der Waals surface area contributed by atoms with E-state index in [1.54, 1.807) is 6.08 Å². The molecule has 0 saturated carbocycles. The van der Waals surface area contributed by atoms with E-state index >= 15 is 0 Å². The summed E-state index contributed by atoms with van der Waals surface area (Å²) < 4.78 is 6.71. The summed E-state index contributed by atoms with van der Waals surface area (Å²) in [6, 6.07) is 0. The highest BCUT2D eigenvalue weighted by Crippen LogP contribution is 2.38. The monoisotopic (exact) mass is 446 g/mol. The topological polar surface area (TPSA) is 63.6 Å². The Hall–Kier alpha value is -1.64. The van der Waals surface area contributed by atoms with Crippen LogP contribution in [-0.2, 0) is 14.0 Å². The van der Waals surface area contributed by atoms with Crippen LogP contribution in [0.4, 0.5) is 0 Å². The van der Waals surface area contributed by atoms with Crippen molar-refractivity contribution in [3.8, 4) is 11.8 Å². The molecule has 1 aliphatic carbocycles. The Labute approximate surface area is 190 Å². The van der Waals surface area contributed by atoms with Gasteiger partial charge in [0.1, 0.15) is 0 Å². The van der Waals surface area contributed by atoms with Crippen LogP contribution < -0.4 is 0 Å². The van der Waals surface area contributed by atoms with E-state index in [4.69, 9.17) is 9.53 Å². The molecule has 4 nitrogen and oxygen atoms in total. The van der Waals surface area contributed by atoms with E-state index in [9.17, 15) is 9.59 Å². The molecule has 0 radical (unpaired) electrons. The second kappa shape index (κ2) is 13.0. The fourth-order valence-corrected chi connectivity index (χ4v) is 4.71. The third-order valence-corrected chi connectivity index (χ3v) is 10.8. The van der Waals surface area contributed by atoms with Gasteiger partial charge in [-0.2, -0.15) is 0 Å². The van der Waals surface area contributed by atoms with Crippen molar-refractivity contribution in [1.82, 2.24) is 0 Å². The maximum Gasteiger partial charge on any atom is 0.303 e. The number of ketones is 1. The van der Waals surface area contributed by atoms with Crippen molar-refractivity contribution in [3.63, 3.8) is 0 Å². The maximum absolute atomic E-state index is 12.4. The van der Waals surface area contributed by atoms with Gasteiger partial charge in [-0.3, -0.25) is 9.59 Å². The van der Waals surface area contributed by atoms with E-state index < -0.39 is 14.3 Å². The fraction of sp³-hybridized carbons (Fsp3) is 0.692. The molecule has 0 saturated heterocycles. The van der Waals surface area contributed by atoms with E-state index in [0.29, 0.717) is 19.3 Å². The number of carboxylic acid groups (broad SMARTS) is 1. The van der Waals surface area contributed by atoms with E-state index in [2.05, 4.69) is 58.7 Å². The molecule has 1 rings (SSSR count). The first-order valence-corrected chi connectivity index (χ1v) is 14.7. The first kappa shape index (κ1) is 27.4. The number of allylic oxidation sites excluding steroid dienone is 3. The lowest BCUT2D eigenvalue weighted by molar-refractivity contribution is -0.137. The second-order valence-electron chi connectivity index (χ2n) is 10.0. The van der Waals surface area contributed by atoms with Crippen LogP contribution in [0.25, 0.3) is 0 Å². The molecule has 0 aromatic heterocycles. The van der Waals surface area contributed by atoms with Crippen molar-refractivity contribution in [1.29, 1.82) is 0 Å². The Kier molecular flexibility index (Phi) is 11.5. The fourth-order valence-electron chi connectivity index (χ4n) is 3.31. The minimum Gasteiger partial charge on any atom is -0.481 e. The molecule has 0 bridgehead atoms. The molecular formula is C26H42O4Si. The average Bonchev–Trinajstić information content (AvgIpc) is 3.01. The lowest BCUT2D eigenvalue weighted by atomic mass is 9.96. The first-order valence-electron chi connectivity index (χ1n) is 11.8. The van der Waals surface area contributed by atoms with Gasteiger partial charge in [0, 0.05) is 36.9 Å². The summed E-state index contributed by atoms with van der Waals surface area (Å²) in [7, 11) is -1.87. The molecule has 0 spiro atoms. The van der Waals surface area contributed by atoms with Gasteiger partial charge in [0.2, 0.25) is 0 Å². The number of carbonyl (C=O) groups is 2. The van der Waals surface area contributed by atoms with Crippen LogP contribution in [-0.4, -0.2) is 31.3 Å². The van der Waals surface area contributed by atoms with Crippen molar-refractivity contribution < 1.29 is 19.1 Å². The van der Waals surface area contributed by atoms with Crippen LogP contribution >= 0.6 is 0 Å². The van der Waals surface area contributed by atoms with E-state index in [1.807, 2.05) is 6.08 Å². The smallest absolute Gasteiger partial charge is 0.303 e. The third-order valence-electron chi connectivity index (χ3n) is 6.30. The molecule has 1 N–H and O–H groups in total. The van der Waals surface area contributed by atoms with E-state index in [0.717, 1.165) is 24.8 Å². The Morgan fingerprint density at radius 2 is 1.97 bits per heavy atom. The predicted octanol–water partition coefficient (Wildman–Crippen LogP) is 6.68. The molecule has 174 valence electrons. The van der Waals surface area contributed by atoms with Crippen LogP contribution in [0.3, 0.4) is 0 Å². The number of unbranched alkanes of at least 4 members (excludes halogenated alkanes) is 3. The molecule has 0 aromatic rings. The van der Waals surface area contributed by atoms with Crippen molar-refractivity contribution in [2.24, 2.45) is 5.92 Å². The van der Waals surface area contributed by atoms with Crippen molar-refractivity contribution in [3.05, 3.63) is 23.8 Å². The highest BCUT2D eigenvalue weighted by molar-refractivity contribution is 6.74. The molecular weight excluding hydrogens is 404 g/mol. The Bertz CT molecular complexity index is 716. The molecule has 0 fully saturated rings. The predicted molar refractivity (Wildman–Crippen MR) is 130 cm³/mol. The molecule has 0 heterocycles. The van der Waals surface area contributed by atoms with Gasteiger partial charge in [-0.1, -0.05) is 59.1 Å². The lowest BCUT2D eigenvalue weighted by Gasteiger charge is -2.39. The zero-order valence-corrected chi connectivity index (χ0v) is 21.4. The van der Waals surface area contributed by atoms with E-state index in [-0.39, 0.29) is 29.3 Å². The van der Waals surface area contributed by atoms with Gasteiger partial charge in [-0.25, -0.2) is 0 Å². The number of carboxylic acids is 1. The average molecular weight is 447 g/mol. The van der Waals surface area contributed by atoms with Gasteiger partial charge in [0.15, 0.2) is 14.1 Å². The number of aliphatic carboxylic acids is 1. The molecule has 0 amide bonds. The summed E-state index contributed by atoms with van der Waals surface area (Å²) >= 11 is 0. The summed E-state index contributed by atoms with van der Waals surface area (Å²) in [6.07, 6.45) is 13.1. The molecule has 31 heavy (non-hydrogen) atoms. The van der Waals surface area contributed by atoms with Crippen LogP contribution in [0.5, 0.6) is 0 Å². The largest absolute Gasteiger partial charge is 0.481 e. The van der Waals surface area contributed by atoms with Gasteiger partial charge in [-0.15, -0.1) is 11.8 Å². The van der Waals surface area contributed by atoms with Gasteiger partial charge < -0.3 is 9.53 Å². The Morgan fingerprint density at radius 1 is 1.26 bits per heavy atom. The minimum atomic E-state index is -1.87. The summed E-state index contributed by atoms with van der Waals surface area (Å²) in [4.78, 5) is 23.0. The Balaban J connectivity index is 2.78. The van der Waals surface area contributed by atoms with Crippen molar-refractivity contribution in [2.45, 2.75) is 110 Å². The van der Waals surface area contributed by atoms with E-state index in [1.165, 1.54) is 12.8 Å². The molecule has 5 heteroatoms. The molecule has 2 atom stereocenters. The summed E-state index contributed by atoms with van der Waals surface area (Å²) in [5.74, 6) is 5.50. The lowest BCUT2D eigenvalue weighted by Crippen LogP contribution is -2.43. The second-order valence-corrected chi connectivity index (χ2v) is 14.8. The van der Waals surface area contributed by atoms with Crippen molar-refractivity contribution in [2.75, 3.05) is 0 Å². The zero-order valence-electron chi connectivity index (χ0n) is 20.4. The maximum atomic E-state index is 12.4. The highest BCUT2D eigenvalue weighted by atomic mass is 28.4. The van der Waals surface area contributed by atoms with Crippen LogP contribution in [0.1, 0.15) is 85.5 Å². The molecule has 0 unspecified atom stereocenters. The van der Waals surface area contributed by atoms with Gasteiger partial charge in [-0.05, 0) is 43.5 Å². The quantitative estimate of drug-likeness (QED) is 0.157. The highest BCUT2D eigenvalue weighted by Gasteiger charge is 2.39. The molecule has 0 aromatic carbocycles.